The number of anilines is 2. The van der Waals surface area contributed by atoms with E-state index < -0.39 is 27.6 Å². The summed E-state index contributed by atoms with van der Waals surface area (Å²) in [5, 5.41) is 3.07. The molecule has 190 valence electrons. The molecular weight excluding hydrogens is 516 g/mol. The van der Waals surface area contributed by atoms with Gasteiger partial charge in [-0.15, -0.1) is 0 Å². The van der Waals surface area contributed by atoms with Crippen molar-refractivity contribution in [2.75, 3.05) is 16.2 Å². The van der Waals surface area contributed by atoms with Crippen molar-refractivity contribution in [1.82, 2.24) is 9.36 Å². The molecule has 0 bridgehead atoms. The number of fused-ring (bicyclic) bond motifs is 1. The van der Waals surface area contributed by atoms with Gasteiger partial charge in [-0.25, -0.2) is 13.1 Å². The molecule has 5 rings (SSSR count). The number of aromatic nitrogens is 2. The first-order valence-electron chi connectivity index (χ1n) is 11.4. The number of sulfonamides is 1. The summed E-state index contributed by atoms with van der Waals surface area (Å²) in [4.78, 5) is 26.6. The van der Waals surface area contributed by atoms with Gasteiger partial charge in [0.2, 0.25) is 0 Å². The number of carbonyl (C=O) groups excluding carboxylic acids is 1. The van der Waals surface area contributed by atoms with E-state index in [2.05, 4.69) is 5.32 Å². The zero-order valence-corrected chi connectivity index (χ0v) is 21.5. The SMILES string of the molecule is Cc1c(NC(=O)[C@H]2CN(S(=O)(=O)c3ccc(Cl)cc3)c3ccccc3O2)c(=O)n(-c2ccccc2)n1C. The first-order chi connectivity index (χ1) is 17.7. The summed E-state index contributed by atoms with van der Waals surface area (Å²) in [6.45, 7) is 1.43. The van der Waals surface area contributed by atoms with Gasteiger partial charge in [-0.05, 0) is 55.5 Å². The number of ether oxygens (including phenoxy) is 1. The van der Waals surface area contributed by atoms with Crippen molar-refractivity contribution in [1.29, 1.82) is 0 Å². The Bertz CT molecular complexity index is 1650. The molecule has 9 nitrogen and oxygen atoms in total. The molecule has 4 aromatic rings. The molecule has 0 spiro atoms. The first kappa shape index (κ1) is 24.7. The molecule has 0 radical (unpaired) electrons. The van der Waals surface area contributed by atoms with Crippen LogP contribution in [0.25, 0.3) is 5.69 Å². The predicted octanol–water partition coefficient (Wildman–Crippen LogP) is 3.73. The van der Waals surface area contributed by atoms with Crippen molar-refractivity contribution < 1.29 is 17.9 Å². The minimum Gasteiger partial charge on any atom is -0.476 e. The largest absolute Gasteiger partial charge is 0.476 e. The highest BCUT2D eigenvalue weighted by Gasteiger charge is 2.38. The van der Waals surface area contributed by atoms with Crippen molar-refractivity contribution in [3.63, 3.8) is 0 Å². The third-order valence-electron chi connectivity index (χ3n) is 6.23. The number of para-hydroxylation sites is 3. The monoisotopic (exact) mass is 538 g/mol. The van der Waals surface area contributed by atoms with Gasteiger partial charge in [-0.3, -0.25) is 18.6 Å². The molecule has 11 heteroatoms. The maximum Gasteiger partial charge on any atom is 0.295 e. The van der Waals surface area contributed by atoms with Gasteiger partial charge in [0.25, 0.3) is 21.5 Å². The summed E-state index contributed by atoms with van der Waals surface area (Å²) < 4.78 is 37.2. The van der Waals surface area contributed by atoms with Crippen molar-refractivity contribution >= 4 is 38.9 Å². The quantitative estimate of drug-likeness (QED) is 0.417. The highest BCUT2D eigenvalue weighted by Crippen LogP contribution is 2.37. The molecule has 1 amide bonds. The second kappa shape index (κ2) is 9.45. The van der Waals surface area contributed by atoms with E-state index in [-0.39, 0.29) is 22.9 Å². The molecule has 1 aliphatic rings. The summed E-state index contributed by atoms with van der Waals surface area (Å²) in [5.41, 5.74) is 1.15. The van der Waals surface area contributed by atoms with E-state index in [0.29, 0.717) is 22.1 Å². The van der Waals surface area contributed by atoms with E-state index in [4.69, 9.17) is 16.3 Å². The van der Waals surface area contributed by atoms with E-state index in [1.165, 1.54) is 28.9 Å². The molecular formula is C26H23ClN4O5S. The van der Waals surface area contributed by atoms with Crippen LogP contribution in [0.1, 0.15) is 5.69 Å². The Kier molecular flexibility index (Phi) is 6.30. The highest BCUT2D eigenvalue weighted by atomic mass is 35.5. The van der Waals surface area contributed by atoms with Crippen LogP contribution in [0.4, 0.5) is 11.4 Å². The summed E-state index contributed by atoms with van der Waals surface area (Å²) in [7, 11) is -2.33. The lowest BCUT2D eigenvalue weighted by Gasteiger charge is -2.34. The zero-order chi connectivity index (χ0) is 26.3. The normalized spacial score (nSPS) is 15.1. The van der Waals surface area contributed by atoms with Crippen LogP contribution >= 0.6 is 11.6 Å². The molecule has 1 aromatic heterocycles. The highest BCUT2D eigenvalue weighted by molar-refractivity contribution is 7.92. The number of benzene rings is 3. The average molecular weight is 539 g/mol. The van der Waals surface area contributed by atoms with E-state index in [0.717, 1.165) is 4.31 Å². The Morgan fingerprint density at radius 3 is 2.35 bits per heavy atom. The molecule has 0 saturated carbocycles. The number of halogens is 1. The molecule has 1 aliphatic heterocycles. The van der Waals surface area contributed by atoms with Gasteiger partial charge in [-0.1, -0.05) is 41.9 Å². The number of nitrogens with one attached hydrogen (secondary N) is 1. The summed E-state index contributed by atoms with van der Waals surface area (Å²) in [6, 6.07) is 21.4. The fraction of sp³-hybridized carbons (Fsp3) is 0.154. The van der Waals surface area contributed by atoms with E-state index in [1.54, 1.807) is 55.1 Å². The molecule has 0 fully saturated rings. The van der Waals surface area contributed by atoms with E-state index >= 15 is 0 Å². The number of amides is 1. The lowest BCUT2D eigenvalue weighted by Crippen LogP contribution is -2.49. The molecule has 0 saturated heterocycles. The van der Waals surface area contributed by atoms with E-state index in [9.17, 15) is 18.0 Å². The van der Waals surface area contributed by atoms with Gasteiger partial charge in [-0.2, -0.15) is 0 Å². The minimum atomic E-state index is -4.04. The topological polar surface area (TPSA) is 103 Å². The number of hydrogen-bond acceptors (Lipinski definition) is 5. The summed E-state index contributed by atoms with van der Waals surface area (Å²) in [5.74, 6) is -0.408. The van der Waals surface area contributed by atoms with Crippen LogP contribution in [0.5, 0.6) is 5.75 Å². The minimum absolute atomic E-state index is 0.0254. The van der Waals surface area contributed by atoms with Crippen LogP contribution in [-0.4, -0.2) is 36.3 Å². The smallest absolute Gasteiger partial charge is 0.295 e. The Hall–Kier alpha value is -4.02. The maximum atomic E-state index is 13.5. The third kappa shape index (κ3) is 4.38. The average Bonchev–Trinajstić information content (AvgIpc) is 3.11. The summed E-state index contributed by atoms with van der Waals surface area (Å²) >= 11 is 5.94. The Labute approximate surface area is 218 Å². The molecule has 3 aromatic carbocycles. The standard InChI is InChI=1S/C26H23ClN4O5S/c1-17-24(26(33)31(29(17)2)19-8-4-3-5-9-19)28-25(32)23-16-30(21-10-6-7-11-22(21)36-23)37(34,35)20-14-12-18(27)13-15-20/h3-15,23H,16H2,1-2H3,(H,28,32)/t23-/m1/s1. The zero-order valence-electron chi connectivity index (χ0n) is 20.0. The van der Waals surface area contributed by atoms with Gasteiger partial charge >= 0.3 is 0 Å². The van der Waals surface area contributed by atoms with E-state index in [1.807, 2.05) is 18.2 Å². The van der Waals surface area contributed by atoms with Crippen LogP contribution in [0, 0.1) is 6.92 Å². The molecule has 1 atom stereocenters. The molecule has 0 unspecified atom stereocenters. The Balaban J connectivity index is 1.48. The second-order valence-electron chi connectivity index (χ2n) is 8.49. The van der Waals surface area contributed by atoms with Crippen LogP contribution < -0.4 is 19.9 Å². The first-order valence-corrected chi connectivity index (χ1v) is 13.2. The van der Waals surface area contributed by atoms with Crippen molar-refractivity contribution in [3.05, 3.63) is 99.9 Å². The fourth-order valence-electron chi connectivity index (χ4n) is 4.22. The molecule has 37 heavy (non-hydrogen) atoms. The van der Waals surface area contributed by atoms with Crippen molar-refractivity contribution in [2.45, 2.75) is 17.9 Å². The summed E-state index contributed by atoms with van der Waals surface area (Å²) in [6.07, 6.45) is -1.21. The van der Waals surface area contributed by atoms with Crippen LogP contribution in [0.3, 0.4) is 0 Å². The van der Waals surface area contributed by atoms with Crippen LogP contribution in [-0.2, 0) is 21.9 Å². The third-order valence-corrected chi connectivity index (χ3v) is 8.28. The van der Waals surface area contributed by atoms with Gasteiger partial charge in [0, 0.05) is 12.1 Å². The number of nitrogens with zero attached hydrogens (tertiary/aromatic N) is 3. The second-order valence-corrected chi connectivity index (χ2v) is 10.8. The van der Waals surface area contributed by atoms with Crippen LogP contribution in [0.15, 0.2) is 88.6 Å². The van der Waals surface area contributed by atoms with Crippen LogP contribution in [0.2, 0.25) is 5.02 Å². The molecule has 2 heterocycles. The predicted molar refractivity (Wildman–Crippen MR) is 141 cm³/mol. The molecule has 0 aliphatic carbocycles. The Morgan fingerprint density at radius 2 is 1.65 bits per heavy atom. The number of hydrogen-bond donors (Lipinski definition) is 1. The molecule has 1 N–H and O–H groups in total. The fourth-order valence-corrected chi connectivity index (χ4v) is 5.82. The van der Waals surface area contributed by atoms with Gasteiger partial charge in [0.1, 0.15) is 11.4 Å². The van der Waals surface area contributed by atoms with Gasteiger partial charge < -0.3 is 10.1 Å². The van der Waals surface area contributed by atoms with Gasteiger partial charge in [0.05, 0.1) is 28.5 Å². The number of carbonyl (C=O) groups is 1. The van der Waals surface area contributed by atoms with Crippen molar-refractivity contribution in [3.8, 4) is 11.4 Å². The van der Waals surface area contributed by atoms with Gasteiger partial charge in [0.15, 0.2) is 6.10 Å². The Morgan fingerprint density at radius 1 is 1.00 bits per heavy atom. The van der Waals surface area contributed by atoms with Crippen molar-refractivity contribution in [2.24, 2.45) is 7.05 Å². The lowest BCUT2D eigenvalue weighted by molar-refractivity contribution is -0.122. The number of rotatable bonds is 5. The lowest BCUT2D eigenvalue weighted by atomic mass is 10.2. The maximum absolute atomic E-state index is 13.5.